The number of piperidine rings is 1. The number of hydrogen-bond acceptors (Lipinski definition) is 7. The third kappa shape index (κ3) is 3.86. The second-order valence-corrected chi connectivity index (χ2v) is 8.30. The largest absolute Gasteiger partial charge is 0.354 e. The van der Waals surface area contributed by atoms with Crippen LogP contribution in [0.25, 0.3) is 5.82 Å². The van der Waals surface area contributed by atoms with Gasteiger partial charge in [-0.25, -0.2) is 9.67 Å². The Morgan fingerprint density at radius 2 is 1.50 bits per heavy atom. The molecule has 0 spiro atoms. The number of carbonyl (C=O) groups excluding carboxylic acids is 2. The maximum Gasteiger partial charge on any atom is 0.227 e. The summed E-state index contributed by atoms with van der Waals surface area (Å²) in [5.74, 6) is 2.07. The Balaban J connectivity index is 1.18. The number of nitrogens with zero attached hydrogens (tertiary/aromatic N) is 8. The minimum absolute atomic E-state index is 0.0405. The van der Waals surface area contributed by atoms with Gasteiger partial charge in [-0.05, 0) is 37.8 Å². The first-order chi connectivity index (χ1) is 14.7. The van der Waals surface area contributed by atoms with Crippen LogP contribution in [0.4, 0.5) is 5.82 Å². The fraction of sp³-hybridized carbons (Fsp3) is 0.600. The van der Waals surface area contributed by atoms with Crippen LogP contribution >= 0.6 is 0 Å². The van der Waals surface area contributed by atoms with E-state index in [0.717, 1.165) is 38.0 Å². The molecule has 158 valence electrons. The van der Waals surface area contributed by atoms with Gasteiger partial charge >= 0.3 is 0 Å². The Hall–Kier alpha value is -3.04. The zero-order chi connectivity index (χ0) is 20.5. The van der Waals surface area contributed by atoms with Crippen molar-refractivity contribution in [1.82, 2.24) is 34.8 Å². The monoisotopic (exact) mass is 410 g/mol. The van der Waals surface area contributed by atoms with Gasteiger partial charge in [0.05, 0.1) is 5.92 Å². The standard InChI is InChI=1S/C20H26N8O2/c29-19(15-3-4-15)25-8-10-26(11-9-25)20(30)16-2-1-7-27(12-16)17-5-6-18(24-23-17)28-14-21-13-22-28/h5-6,13-16H,1-4,7-12H2. The van der Waals surface area contributed by atoms with Gasteiger partial charge in [0.15, 0.2) is 11.6 Å². The lowest BCUT2D eigenvalue weighted by Crippen LogP contribution is -2.54. The number of rotatable bonds is 4. The van der Waals surface area contributed by atoms with E-state index < -0.39 is 0 Å². The number of carbonyl (C=O) groups is 2. The molecule has 1 unspecified atom stereocenters. The van der Waals surface area contributed by atoms with Crippen molar-refractivity contribution in [2.24, 2.45) is 11.8 Å². The van der Waals surface area contributed by atoms with Crippen LogP contribution < -0.4 is 4.90 Å². The van der Waals surface area contributed by atoms with Gasteiger partial charge in [0.1, 0.15) is 12.7 Å². The molecule has 30 heavy (non-hydrogen) atoms. The Kier molecular flexibility index (Phi) is 5.06. The first-order valence-electron chi connectivity index (χ1n) is 10.7. The van der Waals surface area contributed by atoms with E-state index in [9.17, 15) is 9.59 Å². The van der Waals surface area contributed by atoms with Crippen molar-refractivity contribution in [3.8, 4) is 5.82 Å². The second-order valence-electron chi connectivity index (χ2n) is 8.30. The van der Waals surface area contributed by atoms with Crippen molar-refractivity contribution < 1.29 is 9.59 Å². The molecule has 3 aliphatic rings. The summed E-state index contributed by atoms with van der Waals surface area (Å²) in [5.41, 5.74) is 0. The van der Waals surface area contributed by atoms with Gasteiger partial charge in [0, 0.05) is 45.2 Å². The molecular weight excluding hydrogens is 384 g/mol. The van der Waals surface area contributed by atoms with Crippen molar-refractivity contribution in [2.45, 2.75) is 25.7 Å². The summed E-state index contributed by atoms with van der Waals surface area (Å²) in [7, 11) is 0. The zero-order valence-electron chi connectivity index (χ0n) is 16.9. The molecule has 0 aromatic carbocycles. The predicted octanol–water partition coefficient (Wildman–Crippen LogP) is 0.355. The zero-order valence-corrected chi connectivity index (χ0v) is 16.9. The quantitative estimate of drug-likeness (QED) is 0.717. The summed E-state index contributed by atoms with van der Waals surface area (Å²) in [6, 6.07) is 3.78. The molecular formula is C20H26N8O2. The van der Waals surface area contributed by atoms with Crippen molar-refractivity contribution in [1.29, 1.82) is 0 Å². The molecule has 1 atom stereocenters. The van der Waals surface area contributed by atoms with E-state index in [2.05, 4.69) is 25.2 Å². The summed E-state index contributed by atoms with van der Waals surface area (Å²) in [5, 5.41) is 12.6. The Morgan fingerprint density at radius 3 is 2.10 bits per heavy atom. The normalized spacial score (nSPS) is 22.3. The minimum atomic E-state index is -0.0405. The highest BCUT2D eigenvalue weighted by Crippen LogP contribution is 2.31. The molecule has 2 amide bonds. The van der Waals surface area contributed by atoms with E-state index in [-0.39, 0.29) is 23.7 Å². The molecule has 5 rings (SSSR count). The molecule has 2 aromatic rings. The van der Waals surface area contributed by atoms with Crippen LogP contribution in [0.5, 0.6) is 0 Å². The van der Waals surface area contributed by atoms with Crippen LogP contribution in [0.15, 0.2) is 24.8 Å². The number of piperazine rings is 1. The Morgan fingerprint density at radius 1 is 0.833 bits per heavy atom. The number of hydrogen-bond donors (Lipinski definition) is 0. The maximum atomic E-state index is 13.1. The first-order valence-corrected chi connectivity index (χ1v) is 10.7. The molecule has 1 saturated carbocycles. The molecule has 1 aliphatic carbocycles. The lowest BCUT2D eigenvalue weighted by molar-refractivity contribution is -0.142. The average Bonchev–Trinajstić information content (AvgIpc) is 3.52. The summed E-state index contributed by atoms with van der Waals surface area (Å²) in [6.07, 6.45) is 6.93. The molecule has 2 saturated heterocycles. The van der Waals surface area contributed by atoms with Gasteiger partial charge in [-0.3, -0.25) is 9.59 Å². The van der Waals surface area contributed by atoms with Crippen molar-refractivity contribution in [3.63, 3.8) is 0 Å². The number of anilines is 1. The van der Waals surface area contributed by atoms with Gasteiger partial charge < -0.3 is 14.7 Å². The second kappa shape index (κ2) is 8.00. The lowest BCUT2D eigenvalue weighted by Gasteiger charge is -2.39. The summed E-state index contributed by atoms with van der Waals surface area (Å²) in [4.78, 5) is 35.3. The van der Waals surface area contributed by atoms with Crippen LogP contribution in [0.1, 0.15) is 25.7 Å². The Bertz CT molecular complexity index is 888. The van der Waals surface area contributed by atoms with E-state index in [1.54, 1.807) is 11.0 Å². The third-order valence-corrected chi connectivity index (χ3v) is 6.21. The molecule has 0 bridgehead atoms. The van der Waals surface area contributed by atoms with E-state index >= 15 is 0 Å². The topological polar surface area (TPSA) is 100 Å². The van der Waals surface area contributed by atoms with Gasteiger partial charge in [0.25, 0.3) is 0 Å². The van der Waals surface area contributed by atoms with Gasteiger partial charge in [-0.1, -0.05) is 0 Å². The molecule has 0 radical (unpaired) electrons. The molecule has 2 aliphatic heterocycles. The van der Waals surface area contributed by atoms with Crippen LogP contribution in [0.3, 0.4) is 0 Å². The smallest absolute Gasteiger partial charge is 0.227 e. The fourth-order valence-electron chi connectivity index (χ4n) is 4.32. The van der Waals surface area contributed by atoms with Crippen LogP contribution in [0.2, 0.25) is 0 Å². The molecule has 0 N–H and O–H groups in total. The SMILES string of the molecule is O=C(C1CC1)N1CCN(C(=O)C2CCCN(c3ccc(-n4cncn4)nn3)C2)CC1. The van der Waals surface area contributed by atoms with Crippen molar-refractivity contribution in [2.75, 3.05) is 44.2 Å². The lowest BCUT2D eigenvalue weighted by atomic mass is 9.96. The highest BCUT2D eigenvalue weighted by atomic mass is 16.2. The van der Waals surface area contributed by atoms with E-state index in [1.807, 2.05) is 21.9 Å². The average molecular weight is 410 g/mol. The third-order valence-electron chi connectivity index (χ3n) is 6.21. The van der Waals surface area contributed by atoms with E-state index in [4.69, 9.17) is 0 Å². The molecule has 2 aromatic heterocycles. The predicted molar refractivity (Wildman–Crippen MR) is 108 cm³/mol. The van der Waals surface area contributed by atoms with Crippen molar-refractivity contribution in [3.05, 3.63) is 24.8 Å². The molecule has 10 heteroatoms. The van der Waals surface area contributed by atoms with Crippen LogP contribution in [-0.2, 0) is 9.59 Å². The molecule has 10 nitrogen and oxygen atoms in total. The van der Waals surface area contributed by atoms with Gasteiger partial charge in [-0.2, -0.15) is 5.10 Å². The molecule has 3 fully saturated rings. The number of amides is 2. The summed E-state index contributed by atoms with van der Waals surface area (Å²) in [6.45, 7) is 4.11. The van der Waals surface area contributed by atoms with Gasteiger partial charge in [-0.15, -0.1) is 10.2 Å². The number of aromatic nitrogens is 5. The van der Waals surface area contributed by atoms with Crippen LogP contribution in [0, 0.1) is 11.8 Å². The minimum Gasteiger partial charge on any atom is -0.354 e. The van der Waals surface area contributed by atoms with E-state index in [0.29, 0.717) is 38.5 Å². The van der Waals surface area contributed by atoms with Gasteiger partial charge in [0.2, 0.25) is 11.8 Å². The highest BCUT2D eigenvalue weighted by Gasteiger charge is 2.36. The van der Waals surface area contributed by atoms with Crippen LogP contribution in [-0.4, -0.2) is 85.8 Å². The summed E-state index contributed by atoms with van der Waals surface area (Å²) >= 11 is 0. The van der Waals surface area contributed by atoms with Crippen molar-refractivity contribution >= 4 is 17.6 Å². The van der Waals surface area contributed by atoms with E-state index in [1.165, 1.54) is 6.33 Å². The first kappa shape index (κ1) is 19.0. The highest BCUT2D eigenvalue weighted by molar-refractivity contribution is 5.82. The fourth-order valence-corrected chi connectivity index (χ4v) is 4.32. The molecule has 4 heterocycles. The Labute approximate surface area is 174 Å². The maximum absolute atomic E-state index is 13.1. The summed E-state index contributed by atoms with van der Waals surface area (Å²) < 4.78 is 1.56.